The first-order valence-corrected chi connectivity index (χ1v) is 8.92. The van der Waals surface area contributed by atoms with Crippen LogP contribution in [0.25, 0.3) is 0 Å². The summed E-state index contributed by atoms with van der Waals surface area (Å²) in [5.74, 6) is 9.68. The van der Waals surface area contributed by atoms with Crippen molar-refractivity contribution in [3.8, 4) is 48.7 Å². The molecule has 0 aliphatic rings. The maximum absolute atomic E-state index is 11.4. The average Bonchev–Trinajstić information content (AvgIpc) is 2.63. The minimum Gasteiger partial charge on any atom is -0.372 e. The molecule has 0 aromatic carbocycles. The number of rotatable bonds is 11. The maximum atomic E-state index is 11.4. The van der Waals surface area contributed by atoms with Gasteiger partial charge in [-0.15, -0.1) is 24.7 Å². The topological polar surface area (TPSA) is 52.6 Å². The van der Waals surface area contributed by atoms with E-state index in [0.29, 0.717) is 38.5 Å². The number of hydrogen-bond acceptors (Lipinski definition) is 4. The van der Waals surface area contributed by atoms with Crippen LogP contribution in [0.3, 0.4) is 0 Å². The van der Waals surface area contributed by atoms with Crippen molar-refractivity contribution in [3.63, 3.8) is 0 Å². The zero-order valence-electron chi connectivity index (χ0n) is 15.3. The van der Waals surface area contributed by atoms with Crippen molar-refractivity contribution in [2.24, 2.45) is 0 Å². The molecule has 0 aliphatic heterocycles. The molecule has 0 amide bonds. The van der Waals surface area contributed by atoms with E-state index in [0.717, 1.165) is 38.5 Å². The molecule has 0 radical (unpaired) electrons. The van der Waals surface area contributed by atoms with Crippen LogP contribution < -0.4 is 0 Å². The van der Waals surface area contributed by atoms with E-state index in [1.807, 2.05) is 0 Å². The first kappa shape index (κ1) is 23.2. The summed E-state index contributed by atoms with van der Waals surface area (Å²) >= 11 is 0. The highest BCUT2D eigenvalue weighted by molar-refractivity contribution is 5.70. The van der Waals surface area contributed by atoms with Gasteiger partial charge < -0.3 is 9.47 Å². The van der Waals surface area contributed by atoms with Gasteiger partial charge >= 0.3 is 11.9 Å². The summed E-state index contributed by atoms with van der Waals surface area (Å²) in [6.07, 6.45) is 23.3. The van der Waals surface area contributed by atoms with Gasteiger partial charge in [0.2, 0.25) is 0 Å². The summed E-state index contributed by atoms with van der Waals surface area (Å²) in [6, 6.07) is 0. The molecule has 0 atom stereocenters. The van der Waals surface area contributed by atoms with Gasteiger partial charge in [-0.3, -0.25) is 9.59 Å². The average molecular weight is 354 g/mol. The van der Waals surface area contributed by atoms with E-state index in [-0.39, 0.29) is 11.9 Å². The standard InChI is InChI=1S/C22H26O4/c1-3-5-7-15-19-25-21(23)17-13-11-9-10-12-14-18-22(24)26-20-16-8-6-4-2/h1-2H,5-14,17-18H2. The lowest BCUT2D eigenvalue weighted by Crippen LogP contribution is -2.00. The maximum Gasteiger partial charge on any atom is 0.319 e. The Morgan fingerprint density at radius 2 is 1.00 bits per heavy atom. The third-order valence-electron chi connectivity index (χ3n) is 3.27. The summed E-state index contributed by atoms with van der Waals surface area (Å²) in [7, 11) is 0. The molecule has 0 heterocycles. The largest absolute Gasteiger partial charge is 0.372 e. The fourth-order valence-electron chi connectivity index (χ4n) is 1.91. The van der Waals surface area contributed by atoms with Crippen LogP contribution in [0.2, 0.25) is 0 Å². The lowest BCUT2D eigenvalue weighted by molar-refractivity contribution is -0.137. The van der Waals surface area contributed by atoms with Crippen LogP contribution in [-0.2, 0) is 19.1 Å². The molecule has 138 valence electrons. The van der Waals surface area contributed by atoms with Crippen LogP contribution >= 0.6 is 0 Å². The monoisotopic (exact) mass is 354 g/mol. The Hall–Kier alpha value is -2.82. The third-order valence-corrected chi connectivity index (χ3v) is 3.27. The van der Waals surface area contributed by atoms with E-state index in [4.69, 9.17) is 22.3 Å². The van der Waals surface area contributed by atoms with Gasteiger partial charge in [0, 0.05) is 38.5 Å². The van der Waals surface area contributed by atoms with Crippen molar-refractivity contribution in [3.05, 3.63) is 0 Å². The zero-order chi connectivity index (χ0) is 19.3. The first-order chi connectivity index (χ1) is 12.7. The Kier molecular flexibility index (Phi) is 16.5. The summed E-state index contributed by atoms with van der Waals surface area (Å²) in [5, 5.41) is 0. The first-order valence-electron chi connectivity index (χ1n) is 8.92. The van der Waals surface area contributed by atoms with E-state index in [2.05, 4.69) is 35.9 Å². The Bertz CT molecular complexity index is 555. The van der Waals surface area contributed by atoms with Gasteiger partial charge in [-0.1, -0.05) is 37.5 Å². The van der Waals surface area contributed by atoms with Crippen molar-refractivity contribution in [2.45, 2.75) is 77.0 Å². The minimum atomic E-state index is -0.302. The summed E-state index contributed by atoms with van der Waals surface area (Å²) in [4.78, 5) is 22.8. The number of hydrogen-bond donors (Lipinski definition) is 0. The highest BCUT2D eigenvalue weighted by Crippen LogP contribution is 2.09. The predicted molar refractivity (Wildman–Crippen MR) is 101 cm³/mol. The molecule has 0 fully saturated rings. The molecule has 4 nitrogen and oxygen atoms in total. The van der Waals surface area contributed by atoms with Crippen molar-refractivity contribution in [1.82, 2.24) is 0 Å². The second kappa shape index (κ2) is 18.5. The second-order valence-corrected chi connectivity index (χ2v) is 5.54. The van der Waals surface area contributed by atoms with Gasteiger partial charge in [0.1, 0.15) is 12.2 Å². The van der Waals surface area contributed by atoms with E-state index in [1.54, 1.807) is 0 Å². The summed E-state index contributed by atoms with van der Waals surface area (Å²) in [5.41, 5.74) is 0. The van der Waals surface area contributed by atoms with E-state index in [9.17, 15) is 9.59 Å². The highest BCUT2D eigenvalue weighted by atomic mass is 16.5. The van der Waals surface area contributed by atoms with Gasteiger partial charge in [-0.2, -0.15) is 0 Å². The number of carbonyl (C=O) groups excluding carboxylic acids is 2. The molecule has 4 heteroatoms. The molecule has 0 rings (SSSR count). The minimum absolute atomic E-state index is 0.302. The number of carbonyl (C=O) groups is 2. The summed E-state index contributed by atoms with van der Waals surface area (Å²) in [6.45, 7) is 0. The van der Waals surface area contributed by atoms with Gasteiger partial charge in [-0.25, -0.2) is 0 Å². The molecule has 0 saturated carbocycles. The number of unbranched alkanes of at least 4 members (excludes halogenated alkanes) is 7. The van der Waals surface area contributed by atoms with Crippen LogP contribution in [0.1, 0.15) is 77.0 Å². The van der Waals surface area contributed by atoms with Crippen LogP contribution in [0.15, 0.2) is 0 Å². The van der Waals surface area contributed by atoms with Gasteiger partial charge in [0.05, 0.1) is 0 Å². The Morgan fingerprint density at radius 1 is 0.615 bits per heavy atom. The van der Waals surface area contributed by atoms with Gasteiger partial charge in [0.15, 0.2) is 0 Å². The van der Waals surface area contributed by atoms with E-state index < -0.39 is 0 Å². The molecular formula is C22H26O4. The van der Waals surface area contributed by atoms with Gasteiger partial charge in [0.25, 0.3) is 0 Å². The zero-order valence-corrected chi connectivity index (χ0v) is 15.3. The van der Waals surface area contributed by atoms with Crippen molar-refractivity contribution < 1.29 is 19.1 Å². The quantitative estimate of drug-likeness (QED) is 0.320. The summed E-state index contributed by atoms with van der Waals surface area (Å²) < 4.78 is 9.55. The molecular weight excluding hydrogens is 328 g/mol. The highest BCUT2D eigenvalue weighted by Gasteiger charge is 2.02. The van der Waals surface area contributed by atoms with Crippen molar-refractivity contribution in [1.29, 1.82) is 0 Å². The smallest absolute Gasteiger partial charge is 0.319 e. The molecule has 0 unspecified atom stereocenters. The number of terminal acetylenes is 2. The Balaban J connectivity index is 3.44. The van der Waals surface area contributed by atoms with E-state index >= 15 is 0 Å². The lowest BCUT2D eigenvalue weighted by Gasteiger charge is -2.01. The Morgan fingerprint density at radius 3 is 1.38 bits per heavy atom. The lowest BCUT2D eigenvalue weighted by atomic mass is 10.1. The molecule has 0 spiro atoms. The second-order valence-electron chi connectivity index (χ2n) is 5.54. The van der Waals surface area contributed by atoms with Crippen molar-refractivity contribution in [2.75, 3.05) is 0 Å². The molecule has 0 N–H and O–H groups in total. The van der Waals surface area contributed by atoms with Crippen LogP contribution in [0.4, 0.5) is 0 Å². The van der Waals surface area contributed by atoms with Gasteiger partial charge in [-0.05, 0) is 12.8 Å². The predicted octanol–water partition coefficient (Wildman–Crippen LogP) is 3.94. The molecule has 0 aromatic heterocycles. The molecule has 0 aromatic rings. The molecule has 26 heavy (non-hydrogen) atoms. The fraction of sp³-hybridized carbons (Fsp3) is 0.545. The molecule has 0 saturated heterocycles. The number of esters is 2. The van der Waals surface area contributed by atoms with Crippen LogP contribution in [-0.4, -0.2) is 11.9 Å². The Labute approximate surface area is 157 Å². The number of ether oxygens (including phenoxy) is 2. The molecule has 0 bridgehead atoms. The fourth-order valence-corrected chi connectivity index (χ4v) is 1.91. The van der Waals surface area contributed by atoms with Crippen molar-refractivity contribution >= 4 is 11.9 Å². The molecule has 0 aliphatic carbocycles. The van der Waals surface area contributed by atoms with E-state index in [1.165, 1.54) is 0 Å². The van der Waals surface area contributed by atoms with Crippen LogP contribution in [0.5, 0.6) is 0 Å². The normalized spacial score (nSPS) is 8.69. The SMILES string of the molecule is C#CCCC#COC(=O)CCCCCCCCC(=O)OC#CCCC#C. The third kappa shape index (κ3) is 17.5. The van der Waals surface area contributed by atoms with Crippen LogP contribution in [0, 0.1) is 48.7 Å².